The Bertz CT molecular complexity index is 1360. The van der Waals surface area contributed by atoms with Crippen molar-refractivity contribution in [1.29, 1.82) is 0 Å². The number of carboxylic acid groups (broad SMARTS) is 1. The SMILES string of the molecule is O=C(O)c1cccc(-c2ccc(/C=N/n3cnc4sc5c(c4c3=O)CCCC5)o2)c1. The molecule has 150 valence electrons. The summed E-state index contributed by atoms with van der Waals surface area (Å²) in [5.41, 5.74) is 1.79. The van der Waals surface area contributed by atoms with Crippen LogP contribution in [0.1, 0.15) is 39.4 Å². The summed E-state index contributed by atoms with van der Waals surface area (Å²) < 4.78 is 6.99. The van der Waals surface area contributed by atoms with Crippen molar-refractivity contribution in [3.05, 3.63) is 74.8 Å². The van der Waals surface area contributed by atoms with Gasteiger partial charge in [0.15, 0.2) is 0 Å². The summed E-state index contributed by atoms with van der Waals surface area (Å²) in [6, 6.07) is 9.96. The molecular formula is C22H17N3O4S. The number of aromatic carboxylic acids is 1. The van der Waals surface area contributed by atoms with Crippen molar-refractivity contribution < 1.29 is 14.3 Å². The highest BCUT2D eigenvalue weighted by Gasteiger charge is 2.19. The minimum absolute atomic E-state index is 0.170. The smallest absolute Gasteiger partial charge is 0.335 e. The Balaban J connectivity index is 1.46. The number of rotatable bonds is 4. The molecule has 0 aliphatic heterocycles. The first-order chi connectivity index (χ1) is 14.6. The molecule has 3 heterocycles. The number of carboxylic acids is 1. The van der Waals surface area contributed by atoms with E-state index < -0.39 is 5.97 Å². The summed E-state index contributed by atoms with van der Waals surface area (Å²) in [7, 11) is 0. The first-order valence-electron chi connectivity index (χ1n) is 9.60. The Hall–Kier alpha value is -3.52. The van der Waals surface area contributed by atoms with Crippen molar-refractivity contribution in [1.82, 2.24) is 9.66 Å². The van der Waals surface area contributed by atoms with Crippen molar-refractivity contribution in [2.24, 2.45) is 5.10 Å². The number of fused-ring (bicyclic) bond motifs is 3. The number of benzene rings is 1. The first kappa shape index (κ1) is 18.5. The van der Waals surface area contributed by atoms with E-state index in [9.17, 15) is 9.59 Å². The van der Waals surface area contributed by atoms with Crippen LogP contribution in [0.25, 0.3) is 21.5 Å². The van der Waals surface area contributed by atoms with Gasteiger partial charge in [-0.05, 0) is 55.5 Å². The van der Waals surface area contributed by atoms with Crippen molar-refractivity contribution in [3.63, 3.8) is 0 Å². The third-order valence-corrected chi connectivity index (χ3v) is 6.39. The average molecular weight is 419 g/mol. The molecule has 1 aromatic carbocycles. The molecule has 0 atom stereocenters. The van der Waals surface area contributed by atoms with Gasteiger partial charge >= 0.3 is 5.97 Å². The first-order valence-corrected chi connectivity index (χ1v) is 10.4. The third-order valence-electron chi connectivity index (χ3n) is 5.19. The maximum Gasteiger partial charge on any atom is 0.335 e. The van der Waals surface area contributed by atoms with Gasteiger partial charge in [0.2, 0.25) is 0 Å². The fourth-order valence-corrected chi connectivity index (χ4v) is 4.94. The number of nitrogens with zero attached hydrogens (tertiary/aromatic N) is 3. The standard InChI is InChI=1S/C22H17N3O4S/c26-21-19-16-6-1-2-7-18(16)30-20(19)23-12-25(21)24-11-15-8-9-17(29-15)13-4-3-5-14(10-13)22(27)28/h3-5,8-12H,1-2,6-7H2,(H,27,28)/b24-11+. The van der Waals surface area contributed by atoms with Gasteiger partial charge in [0.05, 0.1) is 17.2 Å². The molecule has 7 nitrogen and oxygen atoms in total. The topological polar surface area (TPSA) is 97.7 Å². The van der Waals surface area contributed by atoms with Crippen molar-refractivity contribution in [3.8, 4) is 11.3 Å². The molecule has 0 bridgehead atoms. The molecule has 3 aromatic heterocycles. The highest BCUT2D eigenvalue weighted by Crippen LogP contribution is 2.33. The Morgan fingerprint density at radius 3 is 2.97 bits per heavy atom. The zero-order valence-corrected chi connectivity index (χ0v) is 16.7. The van der Waals surface area contributed by atoms with E-state index in [1.807, 2.05) is 0 Å². The van der Waals surface area contributed by atoms with Gasteiger partial charge in [0.25, 0.3) is 5.56 Å². The summed E-state index contributed by atoms with van der Waals surface area (Å²) in [6.45, 7) is 0. The molecule has 30 heavy (non-hydrogen) atoms. The van der Waals surface area contributed by atoms with E-state index in [1.165, 1.54) is 28.2 Å². The number of thiophene rings is 1. The molecule has 1 N–H and O–H groups in total. The predicted molar refractivity (Wildman–Crippen MR) is 115 cm³/mol. The van der Waals surface area contributed by atoms with Gasteiger partial charge in [-0.2, -0.15) is 9.78 Å². The minimum Gasteiger partial charge on any atom is -0.478 e. The lowest BCUT2D eigenvalue weighted by molar-refractivity contribution is 0.0697. The lowest BCUT2D eigenvalue weighted by atomic mass is 9.97. The van der Waals surface area contributed by atoms with Crippen LogP contribution in [0.15, 0.2) is 57.0 Å². The van der Waals surface area contributed by atoms with E-state index in [-0.39, 0.29) is 11.1 Å². The second kappa shape index (κ2) is 7.38. The largest absolute Gasteiger partial charge is 0.478 e. The van der Waals surface area contributed by atoms with Crippen LogP contribution in [0.5, 0.6) is 0 Å². The summed E-state index contributed by atoms with van der Waals surface area (Å²) in [4.78, 5) is 30.6. The summed E-state index contributed by atoms with van der Waals surface area (Å²) in [5.74, 6) is -0.0273. The molecule has 1 aliphatic carbocycles. The molecule has 5 rings (SSSR count). The van der Waals surface area contributed by atoms with Gasteiger partial charge in [0, 0.05) is 10.4 Å². The zero-order valence-electron chi connectivity index (χ0n) is 15.9. The molecule has 0 saturated carbocycles. The predicted octanol–water partition coefficient (Wildman–Crippen LogP) is 4.18. The number of aromatic nitrogens is 2. The van der Waals surface area contributed by atoms with Crippen LogP contribution in [-0.4, -0.2) is 27.0 Å². The fraction of sp³-hybridized carbons (Fsp3) is 0.182. The molecule has 0 spiro atoms. The van der Waals surface area contributed by atoms with Crippen LogP contribution in [-0.2, 0) is 12.8 Å². The molecule has 1 aliphatic rings. The third kappa shape index (κ3) is 3.25. The lowest BCUT2D eigenvalue weighted by Crippen LogP contribution is -2.17. The maximum absolute atomic E-state index is 12.9. The monoisotopic (exact) mass is 419 g/mol. The molecule has 0 fully saturated rings. The molecule has 0 amide bonds. The maximum atomic E-state index is 12.9. The van der Waals surface area contributed by atoms with Gasteiger partial charge in [-0.25, -0.2) is 9.78 Å². The van der Waals surface area contributed by atoms with Crippen LogP contribution < -0.4 is 5.56 Å². The molecule has 0 radical (unpaired) electrons. The molecule has 0 saturated heterocycles. The Labute approximate surface area is 174 Å². The number of hydrogen-bond acceptors (Lipinski definition) is 6. The van der Waals surface area contributed by atoms with E-state index >= 15 is 0 Å². The highest BCUT2D eigenvalue weighted by molar-refractivity contribution is 7.18. The van der Waals surface area contributed by atoms with E-state index in [0.717, 1.165) is 36.1 Å². The summed E-state index contributed by atoms with van der Waals surface area (Å²) in [6.07, 6.45) is 7.06. The Kier molecular flexibility index (Phi) is 4.55. The van der Waals surface area contributed by atoms with Crippen LogP contribution in [0.2, 0.25) is 0 Å². The van der Waals surface area contributed by atoms with Gasteiger partial charge in [-0.15, -0.1) is 11.3 Å². The number of hydrogen-bond donors (Lipinski definition) is 1. The highest BCUT2D eigenvalue weighted by atomic mass is 32.1. The fourth-order valence-electron chi connectivity index (χ4n) is 3.72. The zero-order chi connectivity index (χ0) is 20.7. The van der Waals surface area contributed by atoms with Crippen LogP contribution in [0.4, 0.5) is 0 Å². The van der Waals surface area contributed by atoms with Gasteiger partial charge in [0.1, 0.15) is 22.7 Å². The number of aryl methyl sites for hydroxylation is 2. The quantitative estimate of drug-likeness (QED) is 0.501. The number of furan rings is 1. The Morgan fingerprint density at radius 2 is 2.10 bits per heavy atom. The van der Waals surface area contributed by atoms with Crippen LogP contribution >= 0.6 is 11.3 Å². The van der Waals surface area contributed by atoms with Crippen LogP contribution in [0.3, 0.4) is 0 Å². The van der Waals surface area contributed by atoms with Gasteiger partial charge < -0.3 is 9.52 Å². The summed E-state index contributed by atoms with van der Waals surface area (Å²) in [5, 5.41) is 14.1. The normalized spacial score (nSPS) is 13.7. The van der Waals surface area contributed by atoms with Crippen LogP contribution in [0, 0.1) is 0 Å². The minimum atomic E-state index is -0.997. The Morgan fingerprint density at radius 1 is 1.23 bits per heavy atom. The van der Waals surface area contributed by atoms with E-state index in [2.05, 4.69) is 10.1 Å². The van der Waals surface area contributed by atoms with Crippen molar-refractivity contribution in [2.45, 2.75) is 25.7 Å². The second-order valence-corrected chi connectivity index (χ2v) is 8.20. The second-order valence-electron chi connectivity index (χ2n) is 7.12. The molecule has 0 unspecified atom stereocenters. The van der Waals surface area contributed by atoms with Gasteiger partial charge in [-0.3, -0.25) is 4.79 Å². The van der Waals surface area contributed by atoms with Gasteiger partial charge in [-0.1, -0.05) is 12.1 Å². The molecule has 8 heteroatoms. The summed E-state index contributed by atoms with van der Waals surface area (Å²) >= 11 is 1.60. The van der Waals surface area contributed by atoms with E-state index in [1.54, 1.807) is 41.7 Å². The average Bonchev–Trinajstić information content (AvgIpc) is 3.38. The van der Waals surface area contributed by atoms with E-state index in [0.29, 0.717) is 22.5 Å². The van der Waals surface area contributed by atoms with Crippen molar-refractivity contribution in [2.75, 3.05) is 0 Å². The lowest BCUT2D eigenvalue weighted by Gasteiger charge is -2.09. The molecule has 4 aromatic rings. The van der Waals surface area contributed by atoms with Crippen molar-refractivity contribution >= 4 is 33.7 Å². The number of carbonyl (C=O) groups is 1. The molecular weight excluding hydrogens is 402 g/mol. The van der Waals surface area contributed by atoms with E-state index in [4.69, 9.17) is 9.52 Å².